The normalized spacial score (nSPS) is 23.8. The van der Waals surface area contributed by atoms with E-state index in [2.05, 4.69) is 24.5 Å². The van der Waals surface area contributed by atoms with E-state index >= 15 is 0 Å². The van der Waals surface area contributed by atoms with Gasteiger partial charge in [-0.15, -0.1) is 11.8 Å². The van der Waals surface area contributed by atoms with E-state index in [0.29, 0.717) is 13.1 Å². The third kappa shape index (κ3) is 6.89. The summed E-state index contributed by atoms with van der Waals surface area (Å²) in [5.74, 6) is 1.09. The molecule has 0 bridgehead atoms. The first kappa shape index (κ1) is 24.0. The Balaban J connectivity index is 1.75. The van der Waals surface area contributed by atoms with Crippen molar-refractivity contribution in [2.75, 3.05) is 24.6 Å². The first-order valence-electron chi connectivity index (χ1n) is 11.0. The number of thioether (sulfide) groups is 1. The zero-order valence-corrected chi connectivity index (χ0v) is 19.5. The summed E-state index contributed by atoms with van der Waals surface area (Å²) in [7, 11) is -3.15. The monoisotopic (exact) mass is 433 g/mol. The largest absolute Gasteiger partial charge is 0.352 e. The molecule has 2 atom stereocenters. The summed E-state index contributed by atoms with van der Waals surface area (Å²) in [4.78, 5) is 12.2. The third-order valence-corrected chi connectivity index (χ3v) is 9.50. The molecule has 28 heavy (non-hydrogen) atoms. The van der Waals surface area contributed by atoms with Gasteiger partial charge in [0.05, 0.1) is 16.7 Å². The van der Waals surface area contributed by atoms with E-state index in [1.54, 1.807) is 16.1 Å². The highest BCUT2D eigenvalue weighted by Gasteiger charge is 2.45. The van der Waals surface area contributed by atoms with Gasteiger partial charge in [-0.3, -0.25) is 10.1 Å². The van der Waals surface area contributed by atoms with Crippen LogP contribution in [0.4, 0.5) is 0 Å². The van der Waals surface area contributed by atoms with Gasteiger partial charge < -0.3 is 5.32 Å². The number of piperidine rings is 1. The summed E-state index contributed by atoms with van der Waals surface area (Å²) >= 11 is 1.79. The van der Waals surface area contributed by atoms with Crippen molar-refractivity contribution in [2.45, 2.75) is 95.5 Å². The second kappa shape index (κ2) is 11.2. The van der Waals surface area contributed by atoms with Gasteiger partial charge in [0.25, 0.3) is 0 Å². The average molecular weight is 434 g/mol. The Morgan fingerprint density at radius 3 is 2.46 bits per heavy atom. The second-order valence-corrected chi connectivity index (χ2v) is 11.8. The minimum Gasteiger partial charge on any atom is -0.352 e. The van der Waals surface area contributed by atoms with Crippen molar-refractivity contribution in [1.82, 2.24) is 14.9 Å². The van der Waals surface area contributed by atoms with Gasteiger partial charge >= 0.3 is 0 Å². The van der Waals surface area contributed by atoms with Crippen LogP contribution < -0.4 is 10.6 Å². The van der Waals surface area contributed by atoms with Crippen LogP contribution in [0.25, 0.3) is 0 Å². The van der Waals surface area contributed by atoms with E-state index in [1.165, 1.54) is 19.3 Å². The minimum absolute atomic E-state index is 0.0665. The summed E-state index contributed by atoms with van der Waals surface area (Å²) < 4.78 is 26.9. The molecule has 164 valence electrons. The van der Waals surface area contributed by atoms with Crippen LogP contribution >= 0.6 is 11.8 Å². The Labute approximate surface area is 176 Å². The molecule has 6 nitrogen and oxygen atoms in total. The fourth-order valence-corrected chi connectivity index (χ4v) is 6.82. The Morgan fingerprint density at radius 2 is 1.82 bits per heavy atom. The smallest absolute Gasteiger partial charge is 0.238 e. The highest BCUT2D eigenvalue weighted by molar-refractivity contribution is 8.01. The van der Waals surface area contributed by atoms with Crippen LogP contribution in [-0.4, -0.2) is 60.2 Å². The molecule has 2 saturated heterocycles. The third-order valence-electron chi connectivity index (χ3n) is 5.96. The molecule has 0 aromatic carbocycles. The topological polar surface area (TPSA) is 78.5 Å². The van der Waals surface area contributed by atoms with Crippen LogP contribution in [0, 0.1) is 0 Å². The quantitative estimate of drug-likeness (QED) is 0.490. The lowest BCUT2D eigenvalue weighted by Gasteiger charge is -2.38. The Hall–Kier alpha value is -0.310. The van der Waals surface area contributed by atoms with Crippen LogP contribution in [0.2, 0.25) is 0 Å². The van der Waals surface area contributed by atoms with Crippen LogP contribution in [0.3, 0.4) is 0 Å². The maximum absolute atomic E-state index is 12.6. The number of hydrogen-bond donors (Lipinski definition) is 2. The van der Waals surface area contributed by atoms with Gasteiger partial charge in [-0.05, 0) is 32.6 Å². The number of sulfonamides is 1. The summed E-state index contributed by atoms with van der Waals surface area (Å²) in [6, 6.07) is 0.00934. The molecule has 2 unspecified atom stereocenters. The van der Waals surface area contributed by atoms with Crippen LogP contribution in [0.1, 0.15) is 78.6 Å². The molecule has 1 spiro atoms. The second-order valence-electron chi connectivity index (χ2n) is 8.30. The Kier molecular flexibility index (Phi) is 9.57. The van der Waals surface area contributed by atoms with Crippen molar-refractivity contribution in [3.8, 4) is 0 Å². The zero-order chi connectivity index (χ0) is 20.6. The first-order valence-corrected chi connectivity index (χ1v) is 13.6. The zero-order valence-electron chi connectivity index (χ0n) is 17.8. The summed E-state index contributed by atoms with van der Waals surface area (Å²) in [5.41, 5.74) is 0. The molecule has 0 radical (unpaired) electrons. The van der Waals surface area contributed by atoms with E-state index < -0.39 is 10.0 Å². The summed E-state index contributed by atoms with van der Waals surface area (Å²) in [6.45, 7) is 7.37. The molecule has 0 aromatic heterocycles. The van der Waals surface area contributed by atoms with E-state index in [-0.39, 0.29) is 28.6 Å². The standard InChI is InChI=1S/C20H39N3O3S2/c1-4-6-7-8-9-10-15-28(25,26)23-13-11-20(12-14-23)22-18(16-27-20)19(24)21-17(3)5-2/h17-18,22H,4-16H2,1-3H3,(H,21,24). The number of carbonyl (C=O) groups excluding carboxylic acids is 1. The highest BCUT2D eigenvalue weighted by Crippen LogP contribution is 2.39. The molecule has 2 aliphatic rings. The predicted octanol–water partition coefficient (Wildman–Crippen LogP) is 3.09. The molecule has 2 fully saturated rings. The van der Waals surface area contributed by atoms with Crippen molar-refractivity contribution in [1.29, 1.82) is 0 Å². The van der Waals surface area contributed by atoms with Crippen molar-refractivity contribution in [3.63, 3.8) is 0 Å². The van der Waals surface area contributed by atoms with Gasteiger partial charge in [0.1, 0.15) is 0 Å². The fraction of sp³-hybridized carbons (Fsp3) is 0.950. The van der Waals surface area contributed by atoms with Gasteiger partial charge in [-0.1, -0.05) is 46.0 Å². The van der Waals surface area contributed by atoms with Gasteiger partial charge in [0, 0.05) is 24.9 Å². The maximum atomic E-state index is 12.6. The van der Waals surface area contributed by atoms with E-state index in [4.69, 9.17) is 0 Å². The van der Waals surface area contributed by atoms with E-state index in [0.717, 1.165) is 44.3 Å². The number of carbonyl (C=O) groups is 1. The van der Waals surface area contributed by atoms with Crippen molar-refractivity contribution in [2.24, 2.45) is 0 Å². The highest BCUT2D eigenvalue weighted by atomic mass is 32.2. The summed E-state index contributed by atoms with van der Waals surface area (Å²) in [6.07, 6.45) is 9.00. The van der Waals surface area contributed by atoms with Crippen molar-refractivity contribution >= 4 is 27.7 Å². The van der Waals surface area contributed by atoms with Gasteiger partial charge in [0.2, 0.25) is 15.9 Å². The lowest BCUT2D eigenvalue weighted by molar-refractivity contribution is -0.123. The number of hydrogen-bond acceptors (Lipinski definition) is 5. The number of nitrogens with one attached hydrogen (secondary N) is 2. The van der Waals surface area contributed by atoms with Gasteiger partial charge in [-0.2, -0.15) is 0 Å². The number of rotatable bonds is 11. The minimum atomic E-state index is -3.15. The Bertz CT molecular complexity index is 590. The number of nitrogens with zero attached hydrogens (tertiary/aromatic N) is 1. The molecule has 8 heteroatoms. The predicted molar refractivity (Wildman–Crippen MR) is 118 cm³/mol. The molecule has 2 aliphatic heterocycles. The number of amides is 1. The molecule has 1 amide bonds. The van der Waals surface area contributed by atoms with Crippen molar-refractivity contribution in [3.05, 3.63) is 0 Å². The van der Waals surface area contributed by atoms with Gasteiger partial charge in [0.15, 0.2) is 0 Å². The first-order chi connectivity index (χ1) is 13.3. The average Bonchev–Trinajstić information content (AvgIpc) is 3.08. The molecule has 2 N–H and O–H groups in total. The Morgan fingerprint density at radius 1 is 1.18 bits per heavy atom. The SMILES string of the molecule is CCCCCCCCS(=O)(=O)N1CCC2(CC1)NC(C(=O)NC(C)CC)CS2. The van der Waals surface area contributed by atoms with Crippen LogP contribution in [-0.2, 0) is 14.8 Å². The molecule has 0 aromatic rings. The molecular weight excluding hydrogens is 394 g/mol. The molecule has 2 rings (SSSR count). The maximum Gasteiger partial charge on any atom is 0.238 e. The lowest BCUT2D eigenvalue weighted by atomic mass is 10.0. The number of unbranched alkanes of at least 4 members (excludes halogenated alkanes) is 5. The van der Waals surface area contributed by atoms with Gasteiger partial charge in [-0.25, -0.2) is 12.7 Å². The van der Waals surface area contributed by atoms with E-state index in [1.807, 2.05) is 6.92 Å². The molecule has 0 saturated carbocycles. The van der Waals surface area contributed by atoms with Crippen LogP contribution in [0.5, 0.6) is 0 Å². The summed E-state index contributed by atoms with van der Waals surface area (Å²) in [5, 5.41) is 6.56. The molecule has 2 heterocycles. The van der Waals surface area contributed by atoms with Crippen molar-refractivity contribution < 1.29 is 13.2 Å². The molecular formula is C20H39N3O3S2. The molecule has 0 aliphatic carbocycles. The fourth-order valence-electron chi connectivity index (χ4n) is 3.84. The van der Waals surface area contributed by atoms with E-state index in [9.17, 15) is 13.2 Å². The lowest BCUT2D eigenvalue weighted by Crippen LogP contribution is -2.55. The van der Waals surface area contributed by atoms with Crippen LogP contribution in [0.15, 0.2) is 0 Å².